The van der Waals surface area contributed by atoms with E-state index in [1.165, 1.54) is 0 Å². The monoisotopic (exact) mass is 860 g/mol. The summed E-state index contributed by atoms with van der Waals surface area (Å²) in [5.74, 6) is -1.97. The maximum atomic E-state index is 14.8. The molecule has 0 N–H and O–H groups in total. The van der Waals surface area contributed by atoms with Crippen molar-refractivity contribution in [3.63, 3.8) is 0 Å². The third kappa shape index (κ3) is 16.5. The molecule has 0 saturated carbocycles. The van der Waals surface area contributed by atoms with E-state index in [-0.39, 0.29) is 55.5 Å². The number of carbonyl (C=O) groups is 4. The minimum absolute atomic E-state index is 0.189. The van der Waals surface area contributed by atoms with Crippen molar-refractivity contribution in [3.8, 4) is 22.9 Å². The molecule has 0 saturated heterocycles. The average Bonchev–Trinajstić information content (AvgIpc) is 3.21. The van der Waals surface area contributed by atoms with E-state index in [2.05, 4.69) is 61.5 Å². The Morgan fingerprint density at radius 1 is 0.629 bits per heavy atom. The number of hydrogen-bond donors (Lipinski definition) is 0. The minimum atomic E-state index is -0.786. The summed E-state index contributed by atoms with van der Waals surface area (Å²) >= 11 is 0. The predicted octanol–water partition coefficient (Wildman–Crippen LogP) is 13.4. The summed E-state index contributed by atoms with van der Waals surface area (Å²) in [6, 6.07) is 16.7. The van der Waals surface area contributed by atoms with E-state index in [4.69, 9.17) is 24.2 Å². The quantitative estimate of drug-likeness (QED) is 0.0340. The SMILES string of the molecule is CCCCCC(C)(CCC(=O)OCCCCCC(=O)Oc1ccc(-c2ccc(C#N)cc2)cc1)C(CC)(CCC)C(C(=O)OC(C)C)C(C(=O)OC(C)C)C(C)(C)CCC(C)C. The molecular weight excluding hydrogens is 779 g/mol. The number of hydrogen-bond acceptors (Lipinski definition) is 9. The number of unbranched alkanes of at least 4 members (excludes halogenated alkanes) is 4. The molecule has 0 radical (unpaired) electrons. The van der Waals surface area contributed by atoms with E-state index < -0.39 is 28.1 Å². The van der Waals surface area contributed by atoms with Crippen LogP contribution in [-0.4, -0.2) is 42.7 Å². The molecule has 62 heavy (non-hydrogen) atoms. The number of benzene rings is 2. The first-order valence-corrected chi connectivity index (χ1v) is 23.7. The summed E-state index contributed by atoms with van der Waals surface area (Å²) in [6.07, 6.45) is 9.70. The topological polar surface area (TPSA) is 129 Å². The van der Waals surface area contributed by atoms with Crippen molar-refractivity contribution in [1.82, 2.24) is 0 Å². The molecule has 0 aromatic heterocycles. The van der Waals surface area contributed by atoms with Crippen LogP contribution < -0.4 is 4.74 Å². The molecule has 2 aromatic rings. The van der Waals surface area contributed by atoms with Crippen LogP contribution in [0.1, 0.15) is 185 Å². The summed E-state index contributed by atoms with van der Waals surface area (Å²) in [6.45, 7) is 24.9. The second-order valence-electron chi connectivity index (χ2n) is 19.3. The van der Waals surface area contributed by atoms with Gasteiger partial charge >= 0.3 is 23.9 Å². The lowest BCUT2D eigenvalue weighted by Crippen LogP contribution is -2.56. The van der Waals surface area contributed by atoms with Gasteiger partial charge in [-0.3, -0.25) is 19.2 Å². The predicted molar refractivity (Wildman–Crippen MR) is 248 cm³/mol. The molecule has 9 heteroatoms. The highest BCUT2D eigenvalue weighted by Gasteiger charge is 2.60. The number of rotatable bonds is 29. The molecule has 2 aromatic carbocycles. The Bertz CT molecular complexity index is 1710. The van der Waals surface area contributed by atoms with E-state index in [1.807, 2.05) is 52.0 Å². The van der Waals surface area contributed by atoms with E-state index in [0.717, 1.165) is 56.1 Å². The van der Waals surface area contributed by atoms with Crippen LogP contribution in [0.3, 0.4) is 0 Å². The molecule has 0 spiro atoms. The molecule has 4 unspecified atom stereocenters. The molecule has 9 nitrogen and oxygen atoms in total. The number of nitrogens with zero attached hydrogens (tertiary/aromatic N) is 1. The van der Waals surface area contributed by atoms with E-state index >= 15 is 0 Å². The number of nitriles is 1. The maximum Gasteiger partial charge on any atom is 0.311 e. The third-order valence-corrected chi connectivity index (χ3v) is 12.8. The summed E-state index contributed by atoms with van der Waals surface area (Å²) in [5.41, 5.74) is 0.753. The third-order valence-electron chi connectivity index (χ3n) is 12.8. The fraction of sp³-hybridized carbons (Fsp3) is 0.679. The van der Waals surface area contributed by atoms with Crippen molar-refractivity contribution < 1.29 is 38.1 Å². The zero-order chi connectivity index (χ0) is 46.5. The van der Waals surface area contributed by atoms with Crippen LogP contribution in [0.5, 0.6) is 5.75 Å². The smallest absolute Gasteiger partial charge is 0.311 e. The Balaban J connectivity index is 2.24. The summed E-state index contributed by atoms with van der Waals surface area (Å²) in [5, 5.41) is 9.05. The molecule has 0 aliphatic rings. The Labute approximate surface area is 375 Å². The summed E-state index contributed by atoms with van der Waals surface area (Å²) < 4.78 is 23.5. The molecule has 0 amide bonds. The van der Waals surface area contributed by atoms with Crippen molar-refractivity contribution in [1.29, 1.82) is 5.26 Å². The van der Waals surface area contributed by atoms with Crippen molar-refractivity contribution in [2.24, 2.45) is 34.0 Å². The average molecular weight is 860 g/mol. The van der Waals surface area contributed by atoms with Gasteiger partial charge in [0.2, 0.25) is 0 Å². The van der Waals surface area contributed by atoms with Crippen LogP contribution in [0.25, 0.3) is 11.1 Å². The van der Waals surface area contributed by atoms with Crippen molar-refractivity contribution in [2.45, 2.75) is 192 Å². The Morgan fingerprint density at radius 3 is 1.73 bits per heavy atom. The van der Waals surface area contributed by atoms with Gasteiger partial charge in [0.15, 0.2) is 0 Å². The van der Waals surface area contributed by atoms with Crippen LogP contribution in [0.4, 0.5) is 0 Å². The van der Waals surface area contributed by atoms with Gasteiger partial charge in [-0.1, -0.05) is 112 Å². The first-order chi connectivity index (χ1) is 29.3. The van der Waals surface area contributed by atoms with Crippen LogP contribution in [0.15, 0.2) is 48.5 Å². The molecule has 0 aliphatic carbocycles. The standard InChI is InChI=1S/C53H81NO8/c1-13-16-19-33-52(12,53(15-3,32-14-2)48(50(58)61-40(8)9)47(49(57)60-39(6)7)51(10,11)34-30-38(4)5)35-31-45(55)59-36-20-17-18-21-46(56)62-44-28-26-43(27-29-44)42-24-22-41(37-54)23-25-42/h22-29,38-40,47-48H,13-21,30-36H2,1-12H3. The summed E-state index contributed by atoms with van der Waals surface area (Å²) in [4.78, 5) is 55.5. The van der Waals surface area contributed by atoms with Gasteiger partial charge in [0, 0.05) is 12.8 Å². The second kappa shape index (κ2) is 26.4. The molecule has 0 bridgehead atoms. The fourth-order valence-corrected chi connectivity index (χ4v) is 9.32. The van der Waals surface area contributed by atoms with Crippen LogP contribution in [0, 0.1) is 45.3 Å². The highest BCUT2D eigenvalue weighted by molar-refractivity contribution is 5.84. The van der Waals surface area contributed by atoms with Gasteiger partial charge in [0.25, 0.3) is 0 Å². The number of carbonyl (C=O) groups excluding carboxylic acids is 4. The minimum Gasteiger partial charge on any atom is -0.466 e. The zero-order valence-corrected chi connectivity index (χ0v) is 40.5. The second-order valence-corrected chi connectivity index (χ2v) is 19.3. The van der Waals surface area contributed by atoms with E-state index in [0.29, 0.717) is 55.8 Å². The van der Waals surface area contributed by atoms with Crippen LogP contribution >= 0.6 is 0 Å². The van der Waals surface area contributed by atoms with Crippen molar-refractivity contribution >= 4 is 23.9 Å². The highest BCUT2D eigenvalue weighted by Crippen LogP contribution is 2.61. The lowest BCUT2D eigenvalue weighted by molar-refractivity contribution is -0.188. The first-order valence-electron chi connectivity index (χ1n) is 23.7. The fourth-order valence-electron chi connectivity index (χ4n) is 9.32. The van der Waals surface area contributed by atoms with Gasteiger partial charge in [-0.25, -0.2) is 0 Å². The Kier molecular flexibility index (Phi) is 23.0. The van der Waals surface area contributed by atoms with E-state index in [1.54, 1.807) is 24.3 Å². The van der Waals surface area contributed by atoms with E-state index in [9.17, 15) is 19.2 Å². The lowest BCUT2D eigenvalue weighted by atomic mass is 9.47. The van der Waals surface area contributed by atoms with Gasteiger partial charge in [-0.05, 0) is 137 Å². The molecule has 0 aliphatic heterocycles. The molecule has 346 valence electrons. The Morgan fingerprint density at radius 2 is 1.21 bits per heavy atom. The molecule has 4 atom stereocenters. The van der Waals surface area contributed by atoms with Gasteiger partial charge < -0.3 is 18.9 Å². The normalized spacial score (nSPS) is 14.7. The lowest BCUT2D eigenvalue weighted by Gasteiger charge is -2.56. The molecule has 2 rings (SSSR count). The zero-order valence-electron chi connectivity index (χ0n) is 40.5. The molecular formula is C53H81NO8. The number of ether oxygens (including phenoxy) is 4. The van der Waals surface area contributed by atoms with Crippen LogP contribution in [0.2, 0.25) is 0 Å². The summed E-state index contributed by atoms with van der Waals surface area (Å²) in [7, 11) is 0. The highest BCUT2D eigenvalue weighted by atomic mass is 16.6. The molecule has 0 fully saturated rings. The molecule has 0 heterocycles. The largest absolute Gasteiger partial charge is 0.466 e. The van der Waals surface area contributed by atoms with Gasteiger partial charge in [-0.15, -0.1) is 0 Å². The number of esters is 4. The van der Waals surface area contributed by atoms with Gasteiger partial charge in [0.05, 0.1) is 42.3 Å². The van der Waals surface area contributed by atoms with Crippen molar-refractivity contribution in [3.05, 3.63) is 54.1 Å². The van der Waals surface area contributed by atoms with Crippen molar-refractivity contribution in [2.75, 3.05) is 6.61 Å². The Hall–Kier alpha value is -4.19. The van der Waals surface area contributed by atoms with Crippen LogP contribution in [-0.2, 0) is 33.4 Å². The van der Waals surface area contributed by atoms with Gasteiger partial charge in [0.1, 0.15) is 5.75 Å². The van der Waals surface area contributed by atoms with Gasteiger partial charge in [-0.2, -0.15) is 5.26 Å². The first kappa shape index (κ1) is 53.9. The maximum absolute atomic E-state index is 14.8.